The first-order valence-electron chi connectivity index (χ1n) is 9.50. The number of hydrogen-bond acceptors (Lipinski definition) is 3. The minimum Gasteiger partial charge on any atom is -0.448 e. The summed E-state index contributed by atoms with van der Waals surface area (Å²) in [5.74, 6) is 0.932. The molecule has 1 N–H and O–H groups in total. The van der Waals surface area contributed by atoms with E-state index in [4.69, 9.17) is 4.74 Å². The van der Waals surface area contributed by atoms with Gasteiger partial charge in [-0.05, 0) is 46.9 Å². The summed E-state index contributed by atoms with van der Waals surface area (Å²) in [6.07, 6.45) is 1.32. The number of fused-ring (bicyclic) bond motifs is 4. The van der Waals surface area contributed by atoms with E-state index in [0.29, 0.717) is 25.0 Å². The van der Waals surface area contributed by atoms with Gasteiger partial charge in [0.15, 0.2) is 0 Å². The topological polar surface area (TPSA) is 49.8 Å². The zero-order valence-electron chi connectivity index (χ0n) is 14.7. The van der Waals surface area contributed by atoms with Crippen LogP contribution in [0.3, 0.4) is 0 Å². The van der Waals surface area contributed by atoms with Crippen LogP contribution in [0.15, 0.2) is 48.5 Å². The summed E-state index contributed by atoms with van der Waals surface area (Å²) in [6, 6.07) is 16.8. The maximum atomic E-state index is 12.6. The van der Waals surface area contributed by atoms with Crippen LogP contribution in [0.4, 0.5) is 4.79 Å². The molecule has 3 atom stereocenters. The fourth-order valence-electron chi connectivity index (χ4n) is 4.95. The summed E-state index contributed by atoms with van der Waals surface area (Å²) >= 11 is 0. The van der Waals surface area contributed by atoms with Crippen molar-refractivity contribution in [3.8, 4) is 11.1 Å². The molecule has 1 amide bonds. The number of carbonyl (C=O) groups excluding carboxylic acids is 1. The lowest BCUT2D eigenvalue weighted by molar-refractivity contribution is -0.0739. The summed E-state index contributed by atoms with van der Waals surface area (Å²) in [6.45, 7) is 1.79. The van der Waals surface area contributed by atoms with Gasteiger partial charge in [-0.15, -0.1) is 0 Å². The normalized spacial score (nSPS) is 26.5. The zero-order valence-corrected chi connectivity index (χ0v) is 14.7. The molecular formula is C22H23NO3. The molecule has 2 aromatic rings. The highest BCUT2D eigenvalue weighted by molar-refractivity contribution is 5.79. The quantitative estimate of drug-likeness (QED) is 0.901. The summed E-state index contributed by atoms with van der Waals surface area (Å²) < 4.78 is 5.74. The lowest BCUT2D eigenvalue weighted by Crippen LogP contribution is -2.54. The largest absolute Gasteiger partial charge is 0.448 e. The van der Waals surface area contributed by atoms with Gasteiger partial charge in [0.1, 0.15) is 6.61 Å². The van der Waals surface area contributed by atoms with Crippen molar-refractivity contribution in [2.45, 2.75) is 24.9 Å². The van der Waals surface area contributed by atoms with Crippen LogP contribution in [-0.4, -0.2) is 41.9 Å². The van der Waals surface area contributed by atoms with Crippen LogP contribution < -0.4 is 0 Å². The Balaban J connectivity index is 1.29. The van der Waals surface area contributed by atoms with Crippen molar-refractivity contribution < 1.29 is 14.6 Å². The Bertz CT molecular complexity index is 803. The van der Waals surface area contributed by atoms with Gasteiger partial charge in [0.05, 0.1) is 6.10 Å². The Morgan fingerprint density at radius 1 is 1.08 bits per heavy atom. The van der Waals surface area contributed by atoms with Gasteiger partial charge in [0.25, 0.3) is 0 Å². The van der Waals surface area contributed by atoms with E-state index in [1.165, 1.54) is 22.3 Å². The van der Waals surface area contributed by atoms with Crippen molar-refractivity contribution in [2.75, 3.05) is 19.7 Å². The molecule has 5 rings (SSSR count). The number of hydrogen-bond donors (Lipinski definition) is 1. The molecule has 1 aliphatic heterocycles. The van der Waals surface area contributed by atoms with Crippen LogP contribution in [0.2, 0.25) is 0 Å². The minimum absolute atomic E-state index is 0.106. The Kier molecular flexibility index (Phi) is 3.75. The maximum Gasteiger partial charge on any atom is 0.409 e. The number of nitrogens with zero attached hydrogens (tertiary/aromatic N) is 1. The van der Waals surface area contributed by atoms with Gasteiger partial charge >= 0.3 is 6.09 Å². The minimum atomic E-state index is -0.216. The molecule has 4 nitrogen and oxygen atoms in total. The molecule has 2 fully saturated rings. The number of rotatable bonds is 2. The van der Waals surface area contributed by atoms with Crippen LogP contribution >= 0.6 is 0 Å². The SMILES string of the molecule is O=C(OCC1c2ccccc2-c2ccccc21)N1CC[C@H]2[C@H](C[C@H]2O)C1. The van der Waals surface area contributed by atoms with Gasteiger partial charge in [-0.25, -0.2) is 4.79 Å². The van der Waals surface area contributed by atoms with Crippen molar-refractivity contribution in [3.05, 3.63) is 59.7 Å². The molecular weight excluding hydrogens is 326 g/mol. The van der Waals surface area contributed by atoms with E-state index in [0.717, 1.165) is 19.4 Å². The second-order valence-electron chi connectivity index (χ2n) is 7.77. The first-order valence-corrected chi connectivity index (χ1v) is 9.50. The molecule has 0 spiro atoms. The third kappa shape index (κ3) is 2.43. The van der Waals surface area contributed by atoms with Gasteiger partial charge in [-0.2, -0.15) is 0 Å². The molecule has 3 aliphatic rings. The Hall–Kier alpha value is -2.33. The van der Waals surface area contributed by atoms with E-state index < -0.39 is 0 Å². The van der Waals surface area contributed by atoms with Crippen LogP contribution in [0.1, 0.15) is 29.9 Å². The van der Waals surface area contributed by atoms with Gasteiger partial charge in [0.2, 0.25) is 0 Å². The zero-order chi connectivity index (χ0) is 17.7. The van der Waals surface area contributed by atoms with Crippen molar-refractivity contribution in [1.82, 2.24) is 4.90 Å². The standard InChI is InChI=1S/C22H23NO3/c24-21-11-14-12-23(10-9-15(14)21)22(25)26-13-20-18-7-3-1-5-16(18)17-6-2-4-8-19(17)20/h1-8,14-15,20-21,24H,9-13H2/t14-,15+,21-/m1/s1. The van der Waals surface area contributed by atoms with Crippen LogP contribution in [0, 0.1) is 11.8 Å². The van der Waals surface area contributed by atoms with E-state index in [1.54, 1.807) is 0 Å². The average Bonchev–Trinajstić information content (AvgIpc) is 2.99. The number of carbonyl (C=O) groups is 1. The molecule has 0 radical (unpaired) electrons. The Morgan fingerprint density at radius 3 is 2.35 bits per heavy atom. The third-order valence-electron chi connectivity index (χ3n) is 6.43. The summed E-state index contributed by atoms with van der Waals surface area (Å²) in [5.41, 5.74) is 4.96. The van der Waals surface area contributed by atoms with E-state index in [2.05, 4.69) is 36.4 Å². The van der Waals surface area contributed by atoms with Gasteiger partial charge < -0.3 is 14.7 Å². The maximum absolute atomic E-state index is 12.6. The van der Waals surface area contributed by atoms with E-state index in [-0.39, 0.29) is 18.1 Å². The lowest BCUT2D eigenvalue weighted by atomic mass is 9.67. The predicted molar refractivity (Wildman–Crippen MR) is 98.9 cm³/mol. The summed E-state index contributed by atoms with van der Waals surface area (Å²) in [5, 5.41) is 9.77. The molecule has 26 heavy (non-hydrogen) atoms. The highest BCUT2D eigenvalue weighted by Crippen LogP contribution is 2.45. The second kappa shape index (κ2) is 6.13. The molecule has 0 unspecified atom stereocenters. The van der Waals surface area contributed by atoms with Crippen molar-refractivity contribution in [2.24, 2.45) is 11.8 Å². The number of likely N-dealkylation sites (tertiary alicyclic amines) is 1. The molecule has 1 saturated heterocycles. The van der Waals surface area contributed by atoms with E-state index in [1.807, 2.05) is 17.0 Å². The molecule has 2 aliphatic carbocycles. The molecule has 0 aromatic heterocycles. The van der Waals surface area contributed by atoms with Crippen molar-refractivity contribution in [1.29, 1.82) is 0 Å². The van der Waals surface area contributed by atoms with Gasteiger partial charge in [0, 0.05) is 19.0 Å². The van der Waals surface area contributed by atoms with Gasteiger partial charge in [-0.3, -0.25) is 0 Å². The van der Waals surface area contributed by atoms with Gasteiger partial charge in [-0.1, -0.05) is 48.5 Å². The molecule has 134 valence electrons. The van der Waals surface area contributed by atoms with E-state index in [9.17, 15) is 9.90 Å². The number of ether oxygens (including phenoxy) is 1. The fraction of sp³-hybridized carbons (Fsp3) is 0.409. The van der Waals surface area contributed by atoms with Crippen molar-refractivity contribution in [3.63, 3.8) is 0 Å². The Morgan fingerprint density at radius 2 is 1.73 bits per heavy atom. The first kappa shape index (κ1) is 15.9. The molecule has 4 heteroatoms. The highest BCUT2D eigenvalue weighted by Gasteiger charge is 2.44. The Labute approximate surface area is 153 Å². The molecule has 1 heterocycles. The number of amides is 1. The second-order valence-corrected chi connectivity index (χ2v) is 7.77. The first-order chi connectivity index (χ1) is 12.7. The number of benzene rings is 2. The lowest BCUT2D eigenvalue weighted by Gasteiger charge is -2.48. The predicted octanol–water partition coefficient (Wildman–Crippen LogP) is 3.64. The number of piperidine rings is 1. The molecule has 1 saturated carbocycles. The molecule has 0 bridgehead atoms. The summed E-state index contributed by atoms with van der Waals surface area (Å²) in [4.78, 5) is 14.4. The number of aliphatic hydroxyl groups is 1. The molecule has 2 aromatic carbocycles. The average molecular weight is 349 g/mol. The van der Waals surface area contributed by atoms with Crippen molar-refractivity contribution >= 4 is 6.09 Å². The third-order valence-corrected chi connectivity index (χ3v) is 6.43. The smallest absolute Gasteiger partial charge is 0.409 e. The fourth-order valence-corrected chi connectivity index (χ4v) is 4.95. The van der Waals surface area contributed by atoms with E-state index >= 15 is 0 Å². The highest BCUT2D eigenvalue weighted by atomic mass is 16.6. The summed E-state index contributed by atoms with van der Waals surface area (Å²) in [7, 11) is 0. The number of aliphatic hydroxyl groups excluding tert-OH is 1. The van der Waals surface area contributed by atoms with Crippen LogP contribution in [0.25, 0.3) is 11.1 Å². The van der Waals surface area contributed by atoms with Crippen LogP contribution in [-0.2, 0) is 4.74 Å². The monoisotopic (exact) mass is 349 g/mol. The van der Waals surface area contributed by atoms with Crippen LogP contribution in [0.5, 0.6) is 0 Å².